The first-order valence-corrected chi connectivity index (χ1v) is 6.43. The van der Waals surface area contributed by atoms with E-state index in [-0.39, 0.29) is 5.95 Å². The lowest BCUT2D eigenvalue weighted by Gasteiger charge is -2.04. The number of aryl methyl sites for hydroxylation is 1. The summed E-state index contributed by atoms with van der Waals surface area (Å²) in [6.45, 7) is 1.94. The van der Waals surface area contributed by atoms with E-state index in [4.69, 9.17) is 17.3 Å². The number of benzene rings is 1. The second kappa shape index (κ2) is 4.94. The first kappa shape index (κ1) is 12.6. The topological polar surface area (TPSA) is 80.5 Å². The van der Waals surface area contributed by atoms with Crippen LogP contribution in [0.3, 0.4) is 0 Å². The first-order chi connectivity index (χ1) is 9.65. The molecule has 0 unspecified atom stereocenters. The molecule has 3 aromatic rings. The van der Waals surface area contributed by atoms with Crippen molar-refractivity contribution in [3.8, 4) is 22.5 Å². The number of aromatic nitrogens is 4. The van der Waals surface area contributed by atoms with Gasteiger partial charge >= 0.3 is 0 Å². The van der Waals surface area contributed by atoms with Crippen molar-refractivity contribution in [2.75, 3.05) is 5.73 Å². The molecule has 0 atom stereocenters. The lowest BCUT2D eigenvalue weighted by atomic mass is 10.0. The highest BCUT2D eigenvalue weighted by molar-refractivity contribution is 6.30. The van der Waals surface area contributed by atoms with E-state index in [1.165, 1.54) is 0 Å². The third-order valence-electron chi connectivity index (χ3n) is 2.98. The van der Waals surface area contributed by atoms with E-state index >= 15 is 0 Å². The minimum absolute atomic E-state index is 0.236. The van der Waals surface area contributed by atoms with Crippen LogP contribution in [0.1, 0.15) is 5.69 Å². The van der Waals surface area contributed by atoms with Gasteiger partial charge in [0.1, 0.15) is 5.69 Å². The molecule has 0 saturated heterocycles. The van der Waals surface area contributed by atoms with E-state index in [2.05, 4.69) is 20.2 Å². The molecule has 0 fully saturated rings. The molecule has 100 valence electrons. The van der Waals surface area contributed by atoms with E-state index in [0.29, 0.717) is 5.02 Å². The molecule has 3 N–H and O–H groups in total. The Balaban J connectivity index is 2.20. The summed E-state index contributed by atoms with van der Waals surface area (Å²) >= 11 is 6.04. The van der Waals surface area contributed by atoms with Crippen molar-refractivity contribution < 1.29 is 0 Å². The molecule has 0 bridgehead atoms. The molecule has 2 aromatic heterocycles. The fourth-order valence-electron chi connectivity index (χ4n) is 2.10. The smallest absolute Gasteiger partial charge is 0.220 e. The summed E-state index contributed by atoms with van der Waals surface area (Å²) in [5.41, 5.74) is 9.93. The Morgan fingerprint density at radius 3 is 2.85 bits per heavy atom. The SMILES string of the molecule is Cc1[nH]nc(-c2cccc(Cl)c2)c1-c1ccnc(N)n1. The summed E-state index contributed by atoms with van der Waals surface area (Å²) in [7, 11) is 0. The van der Waals surface area contributed by atoms with Gasteiger partial charge in [-0.2, -0.15) is 5.10 Å². The molecule has 0 aliphatic heterocycles. The third-order valence-corrected chi connectivity index (χ3v) is 3.21. The largest absolute Gasteiger partial charge is 0.368 e. The first-order valence-electron chi connectivity index (χ1n) is 6.05. The summed E-state index contributed by atoms with van der Waals surface area (Å²) < 4.78 is 0. The van der Waals surface area contributed by atoms with Crippen LogP contribution in [0.4, 0.5) is 5.95 Å². The molecule has 2 heterocycles. The molecular formula is C14H12ClN5. The summed E-state index contributed by atoms with van der Waals surface area (Å²) in [5, 5.41) is 7.99. The Morgan fingerprint density at radius 1 is 1.25 bits per heavy atom. The summed E-state index contributed by atoms with van der Waals surface area (Å²) in [6, 6.07) is 9.34. The van der Waals surface area contributed by atoms with Gasteiger partial charge in [-0.25, -0.2) is 9.97 Å². The zero-order valence-electron chi connectivity index (χ0n) is 10.8. The van der Waals surface area contributed by atoms with Gasteiger partial charge in [0, 0.05) is 28.0 Å². The average Bonchev–Trinajstić information content (AvgIpc) is 2.80. The molecular weight excluding hydrogens is 274 g/mol. The highest BCUT2D eigenvalue weighted by atomic mass is 35.5. The Hall–Kier alpha value is -2.40. The Labute approximate surface area is 120 Å². The van der Waals surface area contributed by atoms with Gasteiger partial charge in [-0.3, -0.25) is 5.10 Å². The molecule has 20 heavy (non-hydrogen) atoms. The van der Waals surface area contributed by atoms with Crippen LogP contribution in [-0.2, 0) is 0 Å². The van der Waals surface area contributed by atoms with Crippen molar-refractivity contribution in [1.82, 2.24) is 20.2 Å². The third kappa shape index (κ3) is 2.23. The predicted octanol–water partition coefficient (Wildman–Crippen LogP) is 3.08. The fraction of sp³-hybridized carbons (Fsp3) is 0.0714. The van der Waals surface area contributed by atoms with Gasteiger partial charge in [-0.15, -0.1) is 0 Å². The maximum atomic E-state index is 6.04. The zero-order valence-corrected chi connectivity index (χ0v) is 11.5. The van der Waals surface area contributed by atoms with E-state index < -0.39 is 0 Å². The van der Waals surface area contributed by atoms with E-state index in [0.717, 1.165) is 28.2 Å². The van der Waals surface area contributed by atoms with Crippen LogP contribution in [0, 0.1) is 6.92 Å². The maximum absolute atomic E-state index is 6.04. The van der Waals surface area contributed by atoms with Crippen LogP contribution in [0.5, 0.6) is 0 Å². The van der Waals surface area contributed by atoms with Gasteiger partial charge in [-0.05, 0) is 25.1 Å². The highest BCUT2D eigenvalue weighted by Crippen LogP contribution is 2.32. The summed E-state index contributed by atoms with van der Waals surface area (Å²) in [6.07, 6.45) is 1.63. The highest BCUT2D eigenvalue weighted by Gasteiger charge is 2.16. The van der Waals surface area contributed by atoms with E-state index in [1.807, 2.05) is 37.3 Å². The number of nitrogens with two attached hydrogens (primary N) is 1. The van der Waals surface area contributed by atoms with E-state index in [1.54, 1.807) is 6.20 Å². The van der Waals surface area contributed by atoms with Crippen LogP contribution in [-0.4, -0.2) is 20.2 Å². The molecule has 0 aliphatic rings. The van der Waals surface area contributed by atoms with Gasteiger partial charge in [0.2, 0.25) is 5.95 Å². The minimum Gasteiger partial charge on any atom is -0.368 e. The average molecular weight is 286 g/mol. The Bertz CT molecular complexity index is 766. The normalized spacial score (nSPS) is 10.7. The second-order valence-electron chi connectivity index (χ2n) is 4.38. The number of H-pyrrole nitrogens is 1. The quantitative estimate of drug-likeness (QED) is 0.758. The van der Waals surface area contributed by atoms with Crippen LogP contribution in [0.15, 0.2) is 36.5 Å². The number of halogens is 1. The number of hydrogen-bond donors (Lipinski definition) is 2. The molecule has 0 radical (unpaired) electrons. The lowest BCUT2D eigenvalue weighted by molar-refractivity contribution is 1.05. The Morgan fingerprint density at radius 2 is 2.10 bits per heavy atom. The molecule has 0 amide bonds. The molecule has 3 rings (SSSR count). The number of nitrogens with one attached hydrogen (secondary N) is 1. The molecule has 1 aromatic carbocycles. The van der Waals surface area contributed by atoms with Crippen LogP contribution in [0.2, 0.25) is 5.02 Å². The number of rotatable bonds is 2. The van der Waals surface area contributed by atoms with Gasteiger partial charge in [0.25, 0.3) is 0 Å². The van der Waals surface area contributed by atoms with Crippen molar-refractivity contribution in [1.29, 1.82) is 0 Å². The Kier molecular flexibility index (Phi) is 3.12. The fourth-order valence-corrected chi connectivity index (χ4v) is 2.29. The predicted molar refractivity (Wildman–Crippen MR) is 79.2 cm³/mol. The lowest BCUT2D eigenvalue weighted by Crippen LogP contribution is -1.96. The van der Waals surface area contributed by atoms with Crippen LogP contribution in [0.25, 0.3) is 22.5 Å². The van der Waals surface area contributed by atoms with Gasteiger partial charge in [-0.1, -0.05) is 23.7 Å². The van der Waals surface area contributed by atoms with Gasteiger partial charge < -0.3 is 5.73 Å². The van der Waals surface area contributed by atoms with Gasteiger partial charge in [0.15, 0.2) is 0 Å². The number of hydrogen-bond acceptors (Lipinski definition) is 4. The minimum atomic E-state index is 0.236. The second-order valence-corrected chi connectivity index (χ2v) is 4.82. The van der Waals surface area contributed by atoms with Crippen LogP contribution >= 0.6 is 11.6 Å². The van der Waals surface area contributed by atoms with Crippen molar-refractivity contribution in [2.24, 2.45) is 0 Å². The standard InChI is InChI=1S/C14H12ClN5/c1-8-12(11-5-6-17-14(16)18-11)13(20-19-8)9-3-2-4-10(15)7-9/h2-7H,1H3,(H,19,20)(H2,16,17,18). The molecule has 0 spiro atoms. The van der Waals surface area contributed by atoms with Gasteiger partial charge in [0.05, 0.1) is 5.69 Å². The van der Waals surface area contributed by atoms with Crippen molar-refractivity contribution in [3.05, 3.63) is 47.2 Å². The van der Waals surface area contributed by atoms with Crippen molar-refractivity contribution in [3.63, 3.8) is 0 Å². The monoisotopic (exact) mass is 285 g/mol. The summed E-state index contributed by atoms with van der Waals surface area (Å²) in [5.74, 6) is 0.236. The molecule has 5 nitrogen and oxygen atoms in total. The molecule has 6 heteroatoms. The van der Waals surface area contributed by atoms with Crippen LogP contribution < -0.4 is 5.73 Å². The number of anilines is 1. The van der Waals surface area contributed by atoms with E-state index in [9.17, 15) is 0 Å². The number of aromatic amines is 1. The van der Waals surface area contributed by atoms with Crippen molar-refractivity contribution in [2.45, 2.75) is 6.92 Å². The maximum Gasteiger partial charge on any atom is 0.220 e. The number of nitrogen functional groups attached to an aromatic ring is 1. The zero-order chi connectivity index (χ0) is 14.1. The molecule has 0 saturated carbocycles. The molecule has 0 aliphatic carbocycles. The summed E-state index contributed by atoms with van der Waals surface area (Å²) in [4.78, 5) is 8.17. The number of nitrogens with zero attached hydrogens (tertiary/aromatic N) is 3. The van der Waals surface area contributed by atoms with Crippen molar-refractivity contribution >= 4 is 17.5 Å².